The zero-order valence-corrected chi connectivity index (χ0v) is 20.2. The molecule has 0 aliphatic heterocycles. The highest BCUT2D eigenvalue weighted by Crippen LogP contribution is 2.68. The van der Waals surface area contributed by atoms with Crippen LogP contribution in [0.1, 0.15) is 85.5 Å². The predicted octanol–water partition coefficient (Wildman–Crippen LogP) is 4.75. The largest absolute Gasteiger partial charge is 0.469 e. The number of rotatable bonds is 4. The van der Waals surface area contributed by atoms with E-state index < -0.39 is 5.60 Å². The van der Waals surface area contributed by atoms with E-state index in [1.807, 2.05) is 0 Å². The van der Waals surface area contributed by atoms with Crippen molar-refractivity contribution in [3.63, 3.8) is 0 Å². The molecule has 4 aliphatic rings. The van der Waals surface area contributed by atoms with Crippen LogP contribution in [0.15, 0.2) is 11.6 Å². The van der Waals surface area contributed by atoms with Crippen LogP contribution in [-0.2, 0) is 28.6 Å². The molecular formula is C26H38O6. The van der Waals surface area contributed by atoms with E-state index in [0.717, 1.165) is 44.9 Å². The van der Waals surface area contributed by atoms with Crippen LogP contribution in [0.5, 0.6) is 0 Å². The second-order valence-corrected chi connectivity index (χ2v) is 11.1. The number of hydrogen-bond acceptors (Lipinski definition) is 6. The molecule has 7 atom stereocenters. The third kappa shape index (κ3) is 3.58. The third-order valence-electron chi connectivity index (χ3n) is 9.68. The Hall–Kier alpha value is -1.85. The molecule has 7 unspecified atom stereocenters. The van der Waals surface area contributed by atoms with Gasteiger partial charge in [-0.3, -0.25) is 14.4 Å². The van der Waals surface area contributed by atoms with Crippen molar-refractivity contribution in [1.82, 2.24) is 0 Å². The minimum atomic E-state index is -0.778. The monoisotopic (exact) mass is 446 g/mol. The molecule has 0 aromatic heterocycles. The lowest BCUT2D eigenvalue weighted by atomic mass is 9.46. The van der Waals surface area contributed by atoms with Crippen molar-refractivity contribution < 1.29 is 28.6 Å². The summed E-state index contributed by atoms with van der Waals surface area (Å²) in [6.45, 7) is 7.58. The first-order valence-corrected chi connectivity index (χ1v) is 12.2. The molecule has 0 aromatic carbocycles. The topological polar surface area (TPSA) is 78.9 Å². The fourth-order valence-electron chi connectivity index (χ4n) is 8.13. The molecule has 0 N–H and O–H groups in total. The van der Waals surface area contributed by atoms with Crippen molar-refractivity contribution in [1.29, 1.82) is 0 Å². The summed E-state index contributed by atoms with van der Waals surface area (Å²) in [7, 11) is 1.40. The molecule has 3 fully saturated rings. The minimum absolute atomic E-state index is 0.000356. The lowest BCUT2D eigenvalue weighted by Crippen LogP contribution is -2.56. The van der Waals surface area contributed by atoms with E-state index in [9.17, 15) is 14.4 Å². The predicted molar refractivity (Wildman–Crippen MR) is 118 cm³/mol. The van der Waals surface area contributed by atoms with Gasteiger partial charge in [-0.25, -0.2) is 0 Å². The van der Waals surface area contributed by atoms with Gasteiger partial charge in [-0.15, -0.1) is 0 Å². The summed E-state index contributed by atoms with van der Waals surface area (Å²) >= 11 is 0. The summed E-state index contributed by atoms with van der Waals surface area (Å²) in [5.74, 6) is 0.676. The Bertz CT molecular complexity index is 832. The molecule has 6 nitrogen and oxygen atoms in total. The quantitative estimate of drug-likeness (QED) is 0.352. The van der Waals surface area contributed by atoms with Gasteiger partial charge in [0.1, 0.15) is 11.7 Å². The van der Waals surface area contributed by atoms with E-state index >= 15 is 0 Å². The van der Waals surface area contributed by atoms with Crippen molar-refractivity contribution in [3.8, 4) is 0 Å². The number of ether oxygens (including phenoxy) is 3. The Labute approximate surface area is 191 Å². The lowest BCUT2D eigenvalue weighted by molar-refractivity contribution is -0.188. The molecule has 178 valence electrons. The second kappa shape index (κ2) is 8.18. The number of methoxy groups -OCH3 is 1. The fraction of sp³-hybridized carbons (Fsp3) is 0.808. The number of esters is 3. The molecule has 0 radical (unpaired) electrons. The third-order valence-corrected chi connectivity index (χ3v) is 9.68. The van der Waals surface area contributed by atoms with E-state index in [-0.39, 0.29) is 41.3 Å². The van der Waals surface area contributed by atoms with Gasteiger partial charge in [0.15, 0.2) is 0 Å². The molecule has 0 saturated heterocycles. The van der Waals surface area contributed by atoms with Crippen LogP contribution in [0.25, 0.3) is 0 Å². The van der Waals surface area contributed by atoms with Crippen molar-refractivity contribution in [2.75, 3.05) is 7.11 Å². The zero-order chi connectivity index (χ0) is 23.3. The maximum Gasteiger partial charge on any atom is 0.309 e. The highest BCUT2D eigenvalue weighted by molar-refractivity contribution is 5.73. The summed E-state index contributed by atoms with van der Waals surface area (Å²) in [5.41, 5.74) is 0.582. The number of hydrogen-bond donors (Lipinski definition) is 0. The molecule has 3 saturated carbocycles. The molecule has 0 amide bonds. The molecule has 0 spiro atoms. The lowest BCUT2D eigenvalue weighted by Gasteiger charge is -2.59. The molecular weight excluding hydrogens is 408 g/mol. The van der Waals surface area contributed by atoms with Crippen LogP contribution in [0.2, 0.25) is 0 Å². The van der Waals surface area contributed by atoms with Crippen molar-refractivity contribution in [3.05, 3.63) is 11.6 Å². The average Bonchev–Trinajstić information content (AvgIpc) is 2.99. The first-order valence-electron chi connectivity index (χ1n) is 12.2. The zero-order valence-electron chi connectivity index (χ0n) is 20.2. The van der Waals surface area contributed by atoms with Gasteiger partial charge >= 0.3 is 17.9 Å². The van der Waals surface area contributed by atoms with Gasteiger partial charge in [0, 0.05) is 25.7 Å². The van der Waals surface area contributed by atoms with Gasteiger partial charge in [-0.05, 0) is 68.1 Å². The molecule has 6 heteroatoms. The molecule has 0 aromatic rings. The van der Waals surface area contributed by atoms with Crippen LogP contribution < -0.4 is 0 Å². The number of allylic oxidation sites excluding steroid dienone is 1. The van der Waals surface area contributed by atoms with Crippen LogP contribution in [0.4, 0.5) is 0 Å². The molecule has 4 aliphatic carbocycles. The van der Waals surface area contributed by atoms with Crippen molar-refractivity contribution in [2.45, 2.75) is 97.2 Å². The standard InChI is InChI=1S/C26H38O6/c1-16(27)31-19-8-11-24(3)18(14-19)6-7-20-21(24)9-12-25(4)22(20)10-13-26(25,32-17(2)28)15-23(29)30-5/h6,19-22H,7-15H2,1-5H3. The second-order valence-electron chi connectivity index (χ2n) is 11.1. The van der Waals surface area contributed by atoms with Crippen LogP contribution in [0, 0.1) is 28.6 Å². The number of carbonyl (C=O) groups excluding carboxylic acids is 3. The number of carbonyl (C=O) groups is 3. The Morgan fingerprint density at radius 1 is 1.00 bits per heavy atom. The van der Waals surface area contributed by atoms with Gasteiger partial charge in [0.05, 0.1) is 13.5 Å². The molecule has 0 bridgehead atoms. The van der Waals surface area contributed by atoms with E-state index in [1.165, 1.54) is 26.5 Å². The van der Waals surface area contributed by atoms with Crippen molar-refractivity contribution in [2.24, 2.45) is 28.6 Å². The first kappa shape index (κ1) is 23.3. The summed E-state index contributed by atoms with van der Waals surface area (Å²) in [6.07, 6.45) is 10.1. The van der Waals surface area contributed by atoms with E-state index in [0.29, 0.717) is 24.2 Å². The summed E-state index contributed by atoms with van der Waals surface area (Å²) in [4.78, 5) is 35.9. The summed E-state index contributed by atoms with van der Waals surface area (Å²) < 4.78 is 16.5. The maximum atomic E-state index is 12.3. The van der Waals surface area contributed by atoms with Crippen LogP contribution in [-0.4, -0.2) is 36.7 Å². The Balaban J connectivity index is 1.62. The van der Waals surface area contributed by atoms with Gasteiger partial charge in [-0.1, -0.05) is 25.5 Å². The van der Waals surface area contributed by atoms with Gasteiger partial charge in [0.2, 0.25) is 0 Å². The van der Waals surface area contributed by atoms with Crippen LogP contribution >= 0.6 is 0 Å². The fourth-order valence-corrected chi connectivity index (χ4v) is 8.13. The Morgan fingerprint density at radius 2 is 1.72 bits per heavy atom. The maximum absolute atomic E-state index is 12.3. The van der Waals surface area contributed by atoms with E-state index in [2.05, 4.69) is 19.9 Å². The summed E-state index contributed by atoms with van der Waals surface area (Å²) in [6, 6.07) is 0. The van der Waals surface area contributed by atoms with E-state index in [1.54, 1.807) is 0 Å². The van der Waals surface area contributed by atoms with Crippen LogP contribution in [0.3, 0.4) is 0 Å². The SMILES string of the molecule is COC(=O)CC1(OC(C)=O)CCC2C3CC=C4CC(OC(C)=O)CCC4(C)C3CCC21C. The van der Waals surface area contributed by atoms with Gasteiger partial charge in [0.25, 0.3) is 0 Å². The van der Waals surface area contributed by atoms with Gasteiger partial charge < -0.3 is 14.2 Å². The van der Waals surface area contributed by atoms with E-state index in [4.69, 9.17) is 14.2 Å². The minimum Gasteiger partial charge on any atom is -0.469 e. The smallest absolute Gasteiger partial charge is 0.309 e. The molecule has 0 heterocycles. The number of fused-ring (bicyclic) bond motifs is 5. The normalized spacial score (nSPS) is 42.6. The first-order chi connectivity index (χ1) is 15.0. The molecule has 32 heavy (non-hydrogen) atoms. The summed E-state index contributed by atoms with van der Waals surface area (Å²) in [5, 5.41) is 0. The van der Waals surface area contributed by atoms with Crippen molar-refractivity contribution >= 4 is 17.9 Å². The molecule has 4 rings (SSSR count). The highest BCUT2D eigenvalue weighted by Gasteiger charge is 2.66. The Morgan fingerprint density at radius 3 is 2.38 bits per heavy atom. The Kier molecular flexibility index (Phi) is 5.96. The average molecular weight is 447 g/mol. The highest BCUT2D eigenvalue weighted by atomic mass is 16.6. The van der Waals surface area contributed by atoms with Gasteiger partial charge in [-0.2, -0.15) is 0 Å².